The maximum absolute atomic E-state index is 12.8. The minimum absolute atomic E-state index is 0.166. The fourth-order valence-electron chi connectivity index (χ4n) is 2.93. The molecule has 0 unspecified atom stereocenters. The van der Waals surface area contributed by atoms with Gasteiger partial charge in [-0.2, -0.15) is 0 Å². The van der Waals surface area contributed by atoms with Gasteiger partial charge in [-0.25, -0.2) is 4.98 Å². The molecule has 0 saturated heterocycles. The van der Waals surface area contributed by atoms with Crippen LogP contribution in [-0.2, 0) is 0 Å². The van der Waals surface area contributed by atoms with Crippen LogP contribution in [0.3, 0.4) is 0 Å². The van der Waals surface area contributed by atoms with E-state index < -0.39 is 0 Å². The Morgan fingerprint density at radius 3 is 2.14 bits per heavy atom. The van der Waals surface area contributed by atoms with Gasteiger partial charge in [-0.05, 0) is 52.3 Å². The van der Waals surface area contributed by atoms with Gasteiger partial charge < -0.3 is 10.6 Å². The van der Waals surface area contributed by atoms with Crippen LogP contribution in [0.5, 0.6) is 0 Å². The summed E-state index contributed by atoms with van der Waals surface area (Å²) in [4.78, 5) is 41.7. The van der Waals surface area contributed by atoms with Crippen molar-refractivity contribution in [3.63, 3.8) is 0 Å². The molecule has 0 spiro atoms. The summed E-state index contributed by atoms with van der Waals surface area (Å²) >= 11 is 3.24. The fraction of sp³-hybridized carbons (Fsp3) is 0. The van der Waals surface area contributed by atoms with Gasteiger partial charge in [0.2, 0.25) is 11.6 Å². The zero-order chi connectivity index (χ0) is 20.4. The number of pyridine rings is 1. The van der Waals surface area contributed by atoms with Crippen LogP contribution in [0.15, 0.2) is 83.1 Å². The maximum atomic E-state index is 12.8. The van der Waals surface area contributed by atoms with Gasteiger partial charge in [0.25, 0.3) is 5.91 Å². The summed E-state index contributed by atoms with van der Waals surface area (Å²) in [5.74, 6) is -0.370. The van der Waals surface area contributed by atoms with Gasteiger partial charge in [-0.1, -0.05) is 30.3 Å². The van der Waals surface area contributed by atoms with Crippen molar-refractivity contribution in [1.82, 2.24) is 4.98 Å². The highest BCUT2D eigenvalue weighted by Gasteiger charge is 2.30. The van der Waals surface area contributed by atoms with Crippen LogP contribution in [0.2, 0.25) is 0 Å². The zero-order valence-electron chi connectivity index (χ0n) is 15.0. The molecule has 1 aliphatic carbocycles. The largest absolute Gasteiger partial charge is 0.351 e. The number of nitrogens with one attached hydrogen (secondary N) is 2. The van der Waals surface area contributed by atoms with Crippen molar-refractivity contribution in [1.29, 1.82) is 0 Å². The number of hydrogen-bond donors (Lipinski definition) is 2. The highest BCUT2D eigenvalue weighted by atomic mass is 79.9. The molecular weight excluding hydrogens is 434 g/mol. The number of amides is 1. The minimum Gasteiger partial charge on any atom is -0.351 e. The Morgan fingerprint density at radius 2 is 1.48 bits per heavy atom. The second-order valence-corrected chi connectivity index (χ2v) is 7.06. The van der Waals surface area contributed by atoms with Gasteiger partial charge in [-0.15, -0.1) is 0 Å². The lowest BCUT2D eigenvalue weighted by atomic mass is 9.92. The van der Waals surface area contributed by atoms with Crippen molar-refractivity contribution in [2.45, 2.75) is 0 Å². The van der Waals surface area contributed by atoms with E-state index in [0.717, 1.165) is 0 Å². The third kappa shape index (κ3) is 3.72. The average molecular weight is 448 g/mol. The van der Waals surface area contributed by atoms with Crippen LogP contribution >= 0.6 is 15.9 Å². The summed E-state index contributed by atoms with van der Waals surface area (Å²) in [7, 11) is 0. The molecular formula is C22H14BrN3O3. The SMILES string of the molecule is O=C(Nc1ccccn1)c1ccc(NC2=C(Br)C(=O)c3ccccc3C2=O)cc1. The van der Waals surface area contributed by atoms with Crippen molar-refractivity contribution in [2.24, 2.45) is 0 Å². The van der Waals surface area contributed by atoms with Gasteiger partial charge in [0.15, 0.2) is 0 Å². The van der Waals surface area contributed by atoms with E-state index in [-0.39, 0.29) is 27.7 Å². The Balaban J connectivity index is 1.53. The Labute approximate surface area is 174 Å². The van der Waals surface area contributed by atoms with Gasteiger partial charge in [-0.3, -0.25) is 14.4 Å². The number of rotatable bonds is 4. The molecule has 142 valence electrons. The summed E-state index contributed by atoms with van der Waals surface area (Å²) in [6.45, 7) is 0. The highest BCUT2D eigenvalue weighted by molar-refractivity contribution is 9.12. The van der Waals surface area contributed by atoms with Gasteiger partial charge in [0.05, 0.1) is 4.48 Å². The number of benzene rings is 2. The molecule has 3 aromatic rings. The minimum atomic E-state index is -0.298. The van der Waals surface area contributed by atoms with Crippen molar-refractivity contribution in [2.75, 3.05) is 10.6 Å². The number of allylic oxidation sites excluding steroid dienone is 2. The van der Waals surface area contributed by atoms with E-state index in [1.165, 1.54) is 0 Å². The predicted octanol–water partition coefficient (Wildman–Crippen LogP) is 4.43. The predicted molar refractivity (Wildman–Crippen MR) is 113 cm³/mol. The molecule has 1 aromatic heterocycles. The average Bonchev–Trinajstić information content (AvgIpc) is 2.76. The first-order chi connectivity index (χ1) is 14.0. The molecule has 0 fully saturated rings. The second-order valence-electron chi connectivity index (χ2n) is 6.26. The lowest BCUT2D eigenvalue weighted by Crippen LogP contribution is -2.24. The summed E-state index contributed by atoms with van der Waals surface area (Å²) in [5.41, 5.74) is 1.91. The third-order valence-corrected chi connectivity index (χ3v) is 5.14. The number of anilines is 2. The first-order valence-corrected chi connectivity index (χ1v) is 9.51. The molecule has 1 heterocycles. The molecule has 29 heavy (non-hydrogen) atoms. The lowest BCUT2D eigenvalue weighted by Gasteiger charge is -2.19. The van der Waals surface area contributed by atoms with E-state index in [1.807, 2.05) is 0 Å². The number of Topliss-reactive ketones (excluding diaryl/α,β-unsaturated/α-hetero) is 2. The van der Waals surface area contributed by atoms with E-state index in [2.05, 4.69) is 31.5 Å². The van der Waals surface area contributed by atoms with E-state index >= 15 is 0 Å². The monoisotopic (exact) mass is 447 g/mol. The van der Waals surface area contributed by atoms with Crippen LogP contribution in [0, 0.1) is 0 Å². The molecule has 0 saturated carbocycles. The van der Waals surface area contributed by atoms with E-state index in [9.17, 15) is 14.4 Å². The van der Waals surface area contributed by atoms with Gasteiger partial charge in [0.1, 0.15) is 11.5 Å². The van der Waals surface area contributed by atoms with Crippen LogP contribution in [-0.4, -0.2) is 22.5 Å². The Kier molecular flexibility index (Phi) is 5.05. The Morgan fingerprint density at radius 1 is 0.828 bits per heavy atom. The number of carbonyl (C=O) groups is 3. The van der Waals surface area contributed by atoms with Crippen molar-refractivity contribution < 1.29 is 14.4 Å². The Hall–Kier alpha value is -3.58. The molecule has 0 aliphatic heterocycles. The molecule has 0 bridgehead atoms. The van der Waals surface area contributed by atoms with Crippen LogP contribution in [0.4, 0.5) is 11.5 Å². The molecule has 1 amide bonds. The number of carbonyl (C=O) groups excluding carboxylic acids is 3. The number of aromatic nitrogens is 1. The van der Waals surface area contributed by atoms with Crippen molar-refractivity contribution in [3.8, 4) is 0 Å². The molecule has 2 aromatic carbocycles. The summed E-state index contributed by atoms with van der Waals surface area (Å²) in [6, 6.07) is 18.5. The quantitative estimate of drug-likeness (QED) is 0.617. The van der Waals surface area contributed by atoms with Crippen molar-refractivity contribution >= 4 is 44.9 Å². The smallest absolute Gasteiger partial charge is 0.256 e. The number of nitrogens with zero attached hydrogens (tertiary/aromatic N) is 1. The van der Waals surface area contributed by atoms with Crippen molar-refractivity contribution in [3.05, 3.63) is 99.8 Å². The third-order valence-electron chi connectivity index (χ3n) is 4.39. The van der Waals surface area contributed by atoms with Gasteiger partial charge >= 0.3 is 0 Å². The van der Waals surface area contributed by atoms with E-state index in [1.54, 1.807) is 72.9 Å². The standard InChI is InChI=1S/C22H14BrN3O3/c23-18-19(21(28)16-6-2-1-5-15(16)20(18)27)25-14-10-8-13(9-11-14)22(29)26-17-7-3-4-12-24-17/h1-12,25H,(H,24,26,29). The van der Waals surface area contributed by atoms with E-state index in [4.69, 9.17) is 0 Å². The normalized spacial score (nSPS) is 13.1. The molecule has 4 rings (SSSR count). The lowest BCUT2D eigenvalue weighted by molar-refractivity contribution is 0.0983. The van der Waals surface area contributed by atoms with Crippen LogP contribution < -0.4 is 10.6 Å². The summed E-state index contributed by atoms with van der Waals surface area (Å²) in [5, 5.41) is 5.69. The number of hydrogen-bond acceptors (Lipinski definition) is 5. The Bertz CT molecular complexity index is 1160. The second kappa shape index (κ2) is 7.81. The fourth-order valence-corrected chi connectivity index (χ4v) is 3.42. The topological polar surface area (TPSA) is 88.2 Å². The molecule has 1 aliphatic rings. The maximum Gasteiger partial charge on any atom is 0.256 e. The summed E-state index contributed by atoms with van der Waals surface area (Å²) < 4.78 is 0.179. The molecule has 7 heteroatoms. The summed E-state index contributed by atoms with van der Waals surface area (Å²) in [6.07, 6.45) is 1.59. The molecule has 0 atom stereocenters. The molecule has 2 N–H and O–H groups in total. The van der Waals surface area contributed by atoms with E-state index in [0.29, 0.717) is 28.2 Å². The van der Waals surface area contributed by atoms with Crippen LogP contribution in [0.25, 0.3) is 0 Å². The number of fused-ring (bicyclic) bond motifs is 1. The van der Waals surface area contributed by atoms with Gasteiger partial charge in [0, 0.05) is 28.6 Å². The zero-order valence-corrected chi connectivity index (χ0v) is 16.6. The first-order valence-electron chi connectivity index (χ1n) is 8.72. The highest BCUT2D eigenvalue weighted by Crippen LogP contribution is 2.30. The number of ketones is 2. The number of halogens is 1. The van der Waals surface area contributed by atoms with Crippen LogP contribution in [0.1, 0.15) is 31.1 Å². The molecule has 0 radical (unpaired) electrons. The molecule has 6 nitrogen and oxygen atoms in total. The first kappa shape index (κ1) is 18.8.